The van der Waals surface area contributed by atoms with Gasteiger partial charge in [0.15, 0.2) is 24.6 Å². The number of aliphatic carboxylic acids is 1. The molecule has 1 saturated heterocycles. The van der Waals surface area contributed by atoms with E-state index in [2.05, 4.69) is 93.7 Å². The van der Waals surface area contributed by atoms with Gasteiger partial charge in [-0.1, -0.05) is 241 Å². The van der Waals surface area contributed by atoms with E-state index in [1.54, 1.807) is 0 Å². The van der Waals surface area contributed by atoms with Gasteiger partial charge in [-0.25, -0.2) is 4.79 Å². The fourth-order valence-electron chi connectivity index (χ4n) is 9.39. The van der Waals surface area contributed by atoms with Crippen LogP contribution in [0, 0.1) is 0 Å². The van der Waals surface area contributed by atoms with Gasteiger partial charge in [-0.2, -0.15) is 0 Å². The van der Waals surface area contributed by atoms with Crippen molar-refractivity contribution in [3.63, 3.8) is 0 Å². The van der Waals surface area contributed by atoms with Crippen LogP contribution >= 0.6 is 0 Å². The summed E-state index contributed by atoms with van der Waals surface area (Å²) in [6.45, 7) is 5.84. The first-order valence-electron chi connectivity index (χ1n) is 31.9. The van der Waals surface area contributed by atoms with E-state index in [0.717, 1.165) is 96.3 Å². The molecule has 0 spiro atoms. The predicted octanol–water partition coefficient (Wildman–Crippen LogP) is 16.9. The minimum Gasteiger partial charge on any atom is -0.479 e. The van der Waals surface area contributed by atoms with E-state index in [-0.39, 0.29) is 25.9 Å². The Labute approximate surface area is 480 Å². The first-order chi connectivity index (χ1) is 38.6. The van der Waals surface area contributed by atoms with Crippen LogP contribution in [0.15, 0.2) is 72.9 Å². The highest BCUT2D eigenvalue weighted by atomic mass is 16.7. The molecule has 0 saturated carbocycles. The number of hydrogen-bond donors (Lipinski definition) is 3. The van der Waals surface area contributed by atoms with Crippen LogP contribution in [0.2, 0.25) is 0 Å². The average molecular weight is 1110 g/mol. The molecule has 1 fully saturated rings. The molecule has 0 aromatic heterocycles. The van der Waals surface area contributed by atoms with Crippen LogP contribution in [0.3, 0.4) is 0 Å². The molecule has 1 aliphatic rings. The molecule has 79 heavy (non-hydrogen) atoms. The van der Waals surface area contributed by atoms with Gasteiger partial charge in [-0.15, -0.1) is 0 Å². The summed E-state index contributed by atoms with van der Waals surface area (Å²) < 4.78 is 28.5. The predicted molar refractivity (Wildman–Crippen MR) is 322 cm³/mol. The van der Waals surface area contributed by atoms with Gasteiger partial charge in [0.2, 0.25) is 0 Å². The van der Waals surface area contributed by atoms with Gasteiger partial charge in [-0.3, -0.25) is 14.4 Å². The minimum absolute atomic E-state index is 0.0569. The third kappa shape index (κ3) is 44.5. The maximum absolute atomic E-state index is 13.2. The molecule has 12 heteroatoms. The number of aliphatic hydroxyl groups is 2. The summed E-state index contributed by atoms with van der Waals surface area (Å²) in [5.41, 5.74) is 0. The number of carbonyl (C=O) groups is 4. The van der Waals surface area contributed by atoms with Crippen LogP contribution < -0.4 is 0 Å². The lowest BCUT2D eigenvalue weighted by atomic mass is 9.98. The van der Waals surface area contributed by atoms with Gasteiger partial charge in [-0.05, 0) is 89.9 Å². The van der Waals surface area contributed by atoms with E-state index >= 15 is 0 Å². The summed E-state index contributed by atoms with van der Waals surface area (Å²) in [7, 11) is 0. The number of hydrogen-bond acceptors (Lipinski definition) is 11. The highest BCUT2D eigenvalue weighted by Gasteiger charge is 2.50. The van der Waals surface area contributed by atoms with Crippen molar-refractivity contribution in [1.29, 1.82) is 0 Å². The molecule has 0 radical (unpaired) electrons. The Bertz CT molecular complexity index is 1650. The molecule has 0 aliphatic carbocycles. The second-order valence-corrected chi connectivity index (χ2v) is 21.7. The lowest BCUT2D eigenvalue weighted by Gasteiger charge is -2.40. The first kappa shape index (κ1) is 73.2. The van der Waals surface area contributed by atoms with E-state index < -0.39 is 67.3 Å². The van der Waals surface area contributed by atoms with Crippen LogP contribution in [-0.2, 0) is 42.9 Å². The molecule has 1 aliphatic heterocycles. The summed E-state index contributed by atoms with van der Waals surface area (Å²) in [6.07, 6.45) is 57.2. The maximum atomic E-state index is 13.2. The molecular weight excluding hydrogens is 997 g/mol. The van der Waals surface area contributed by atoms with Gasteiger partial charge >= 0.3 is 23.9 Å². The maximum Gasteiger partial charge on any atom is 0.335 e. The van der Waals surface area contributed by atoms with Crippen molar-refractivity contribution in [1.82, 2.24) is 0 Å². The normalized spacial score (nSPS) is 18.3. The molecule has 6 atom stereocenters. The number of rotatable bonds is 54. The zero-order valence-electron chi connectivity index (χ0n) is 50.1. The number of esters is 3. The van der Waals surface area contributed by atoms with Crippen molar-refractivity contribution in [3.05, 3.63) is 72.9 Å². The zero-order chi connectivity index (χ0) is 57.5. The van der Waals surface area contributed by atoms with Crippen molar-refractivity contribution in [2.24, 2.45) is 0 Å². The Morgan fingerprint density at radius 3 is 1.27 bits per heavy atom. The quantitative estimate of drug-likeness (QED) is 0.0228. The number of carboxylic acid groups (broad SMARTS) is 1. The molecule has 12 nitrogen and oxygen atoms in total. The number of ether oxygens (including phenoxy) is 5. The van der Waals surface area contributed by atoms with E-state index in [9.17, 15) is 34.5 Å². The van der Waals surface area contributed by atoms with E-state index in [0.29, 0.717) is 19.3 Å². The molecule has 1 heterocycles. The Balaban J connectivity index is 2.68. The molecule has 0 aromatic carbocycles. The molecule has 6 unspecified atom stereocenters. The third-order valence-corrected chi connectivity index (χ3v) is 14.3. The first-order valence-corrected chi connectivity index (χ1v) is 31.9. The van der Waals surface area contributed by atoms with Crippen molar-refractivity contribution in [3.8, 4) is 0 Å². The van der Waals surface area contributed by atoms with E-state index in [1.807, 2.05) is 0 Å². The van der Waals surface area contributed by atoms with E-state index in [4.69, 9.17) is 23.7 Å². The van der Waals surface area contributed by atoms with Gasteiger partial charge in [0.05, 0.1) is 6.61 Å². The van der Waals surface area contributed by atoms with Crippen molar-refractivity contribution < 1.29 is 58.2 Å². The Morgan fingerprint density at radius 2 is 0.797 bits per heavy atom. The molecule has 0 amide bonds. The van der Waals surface area contributed by atoms with Crippen molar-refractivity contribution in [2.75, 3.05) is 13.2 Å². The van der Waals surface area contributed by atoms with Crippen LogP contribution in [-0.4, -0.2) is 89.2 Å². The van der Waals surface area contributed by atoms with Crippen LogP contribution in [0.25, 0.3) is 0 Å². The lowest BCUT2D eigenvalue weighted by Crippen LogP contribution is -2.61. The fourth-order valence-corrected chi connectivity index (χ4v) is 9.39. The molecular formula is C67H114O12. The van der Waals surface area contributed by atoms with Crippen LogP contribution in [0.1, 0.15) is 278 Å². The van der Waals surface area contributed by atoms with Crippen LogP contribution in [0.4, 0.5) is 0 Å². The lowest BCUT2D eigenvalue weighted by molar-refractivity contribution is -0.301. The second kappa shape index (κ2) is 54.7. The summed E-state index contributed by atoms with van der Waals surface area (Å²) in [5.74, 6) is -3.17. The Hall–Kier alpha value is -3.84. The minimum atomic E-state index is -1.91. The van der Waals surface area contributed by atoms with Gasteiger partial charge < -0.3 is 39.0 Å². The molecule has 0 aromatic rings. The van der Waals surface area contributed by atoms with Crippen LogP contribution in [0.5, 0.6) is 0 Å². The summed E-state index contributed by atoms with van der Waals surface area (Å²) >= 11 is 0. The molecule has 1 rings (SSSR count). The van der Waals surface area contributed by atoms with Gasteiger partial charge in [0, 0.05) is 19.3 Å². The summed E-state index contributed by atoms with van der Waals surface area (Å²) in [6, 6.07) is 0. The fraction of sp³-hybridized carbons (Fsp3) is 0.761. The average Bonchev–Trinajstić information content (AvgIpc) is 3.46. The zero-order valence-corrected chi connectivity index (χ0v) is 50.1. The summed E-state index contributed by atoms with van der Waals surface area (Å²) in [4.78, 5) is 51.3. The second-order valence-electron chi connectivity index (χ2n) is 21.7. The largest absolute Gasteiger partial charge is 0.479 e. The van der Waals surface area contributed by atoms with Crippen molar-refractivity contribution >= 4 is 23.9 Å². The Kier molecular flexibility index (Phi) is 50.7. The topological polar surface area (TPSA) is 175 Å². The SMILES string of the molecule is CC/C=C\C/C=C\C/C=C\C/C=C\CCCCC(=O)OC(COC(=O)CCCCCCCCCCC/C=C\C/C=C\CCCCC)COC1OC(C(=O)O)C(O)C(O)C1OC(=O)CCCCCCCCCCCCCCCCC. The van der Waals surface area contributed by atoms with Crippen molar-refractivity contribution in [2.45, 2.75) is 314 Å². The number of carbonyl (C=O) groups excluding carboxylic acids is 3. The number of aliphatic hydroxyl groups excluding tert-OH is 2. The highest BCUT2D eigenvalue weighted by molar-refractivity contribution is 5.74. The monoisotopic (exact) mass is 1110 g/mol. The van der Waals surface area contributed by atoms with E-state index in [1.165, 1.54) is 122 Å². The number of carboxylic acids is 1. The molecule has 454 valence electrons. The van der Waals surface area contributed by atoms with Gasteiger partial charge in [0.25, 0.3) is 0 Å². The third-order valence-electron chi connectivity index (χ3n) is 14.3. The molecule has 3 N–H and O–H groups in total. The number of allylic oxidation sites excluding steroid dienone is 12. The smallest absolute Gasteiger partial charge is 0.335 e. The Morgan fingerprint density at radius 1 is 0.430 bits per heavy atom. The summed E-state index contributed by atoms with van der Waals surface area (Å²) in [5, 5.41) is 31.6. The number of unbranched alkanes of at least 4 members (excludes halogenated alkanes) is 28. The standard InChI is InChI=1S/C67H114O12/c1-4-7-10-13-16-19-22-25-28-29-30-31-34-35-38-41-44-47-50-53-59(68)75-56-58(77-60(69)54-51-48-45-42-39-36-32-26-23-20-17-14-11-8-5-2)57-76-67-65(63(72)62(71)64(79-67)66(73)74)78-61(70)55-52-49-46-43-40-37-33-27-24-21-18-15-12-9-6-3/h8,11,16-17,19-20,25-26,28,32,39,42,58,62-65,67,71-72H,4-7,9-10,12-15,18,21-24,27,29-31,33-38,40-41,43-57H2,1-3H3,(H,73,74)/b11-8-,19-16-,20-17-,28-25-,32-26-,42-39-. The molecule has 0 bridgehead atoms. The van der Waals surface area contributed by atoms with Gasteiger partial charge in [0.1, 0.15) is 18.8 Å². The highest BCUT2D eigenvalue weighted by Crippen LogP contribution is 2.27.